The fraction of sp³-hybridized carbons (Fsp3) is 0.444. The van der Waals surface area contributed by atoms with Gasteiger partial charge in [-0.15, -0.1) is 24.8 Å². The molecule has 0 unspecified atom stereocenters. The number of likely N-dealkylation sites (N-methyl/N-ethyl adjacent to an activating group) is 2. The van der Waals surface area contributed by atoms with Gasteiger partial charge in [0.2, 0.25) is 5.91 Å². The van der Waals surface area contributed by atoms with Crippen molar-refractivity contribution < 1.29 is 18.8 Å². The number of aryl methyl sites for hydroxylation is 2. The van der Waals surface area contributed by atoms with Crippen LogP contribution in [0.1, 0.15) is 46.0 Å². The molecule has 2 aromatic carbocycles. The predicted octanol–water partition coefficient (Wildman–Crippen LogP) is 3.03. The number of amides is 2. The molecule has 0 radical (unpaired) electrons. The van der Waals surface area contributed by atoms with Crippen molar-refractivity contribution in [2.45, 2.75) is 39.8 Å². The van der Waals surface area contributed by atoms with Crippen molar-refractivity contribution in [2.75, 3.05) is 44.7 Å². The summed E-state index contributed by atoms with van der Waals surface area (Å²) >= 11 is 0. The molecule has 1 heterocycles. The maximum Gasteiger partial charge on any atom is 0.256 e. The molecule has 0 saturated heterocycles. The molecular formula is C27H36Cl2FN5O3. The summed E-state index contributed by atoms with van der Waals surface area (Å²) in [5.41, 5.74) is 4.75. The third kappa shape index (κ3) is 7.02. The van der Waals surface area contributed by atoms with Gasteiger partial charge in [0.05, 0.1) is 13.1 Å². The van der Waals surface area contributed by atoms with Crippen molar-refractivity contribution in [3.05, 3.63) is 64.0 Å². The van der Waals surface area contributed by atoms with Gasteiger partial charge in [-0.05, 0) is 48.7 Å². The molecule has 2 N–H and O–H groups in total. The third-order valence-electron chi connectivity index (χ3n) is 6.91. The number of carbonyl (C=O) groups excluding carboxylic acids is 3. The predicted molar refractivity (Wildman–Crippen MR) is 151 cm³/mol. The highest BCUT2D eigenvalue weighted by atomic mass is 35.5. The molecule has 0 atom stereocenters. The Bertz CT molecular complexity index is 1180. The number of hydrogen-bond acceptors (Lipinski definition) is 6. The van der Waals surface area contributed by atoms with Crippen LogP contribution < -0.4 is 15.5 Å². The Hall–Kier alpha value is -2.72. The normalized spacial score (nSPS) is 13.7. The lowest BCUT2D eigenvalue weighted by molar-refractivity contribution is -0.145. The first kappa shape index (κ1) is 31.5. The van der Waals surface area contributed by atoms with Crippen LogP contribution in [0.4, 0.5) is 10.1 Å². The molecule has 0 spiro atoms. The molecule has 1 aliphatic carbocycles. The summed E-state index contributed by atoms with van der Waals surface area (Å²) < 4.78 is 14.2. The molecule has 0 aromatic heterocycles. The molecule has 38 heavy (non-hydrogen) atoms. The Labute approximate surface area is 235 Å². The zero-order valence-electron chi connectivity index (χ0n) is 22.0. The first-order valence-corrected chi connectivity index (χ1v) is 12.4. The number of nitrogens with one attached hydrogen (secondary N) is 2. The minimum Gasteiger partial charge on any atom is -0.353 e. The summed E-state index contributed by atoms with van der Waals surface area (Å²) in [6.07, 6.45) is 1.20. The second-order valence-corrected chi connectivity index (χ2v) is 9.40. The van der Waals surface area contributed by atoms with Gasteiger partial charge < -0.3 is 15.5 Å². The summed E-state index contributed by atoms with van der Waals surface area (Å²) in [5, 5.41) is 9.35. The van der Waals surface area contributed by atoms with Gasteiger partial charge in [0.25, 0.3) is 5.91 Å². The number of halogens is 3. The molecule has 0 fully saturated rings. The van der Waals surface area contributed by atoms with Gasteiger partial charge in [-0.25, -0.2) is 9.40 Å². The standard InChI is InChI=1S/C27H34FN5O3.2ClH/c1-4-29-10-11-30-26(35)16-32(24-13-21-19(12-18(24)2)8-9-25(21)34)17-27(36)31(3)33-14-20-6-5-7-23(28)22(20)15-33;;/h5-7,12-13,29H,4,8-11,14-17H2,1-3H3,(H,30,35);2*1H. The minimum absolute atomic E-state index is 0. The highest BCUT2D eigenvalue weighted by Crippen LogP contribution is 2.31. The van der Waals surface area contributed by atoms with E-state index in [0.717, 1.165) is 23.2 Å². The number of benzene rings is 2. The number of carbonyl (C=O) groups is 3. The molecule has 0 saturated carbocycles. The molecule has 11 heteroatoms. The molecule has 2 aromatic rings. The van der Waals surface area contributed by atoms with Gasteiger partial charge in [0.1, 0.15) is 5.82 Å². The fourth-order valence-corrected chi connectivity index (χ4v) is 4.87. The second kappa shape index (κ2) is 13.9. The molecule has 2 amide bonds. The van der Waals surface area contributed by atoms with E-state index in [2.05, 4.69) is 10.6 Å². The van der Waals surface area contributed by atoms with E-state index >= 15 is 0 Å². The Balaban J connectivity index is 0.00000253. The Morgan fingerprint density at radius 3 is 2.53 bits per heavy atom. The van der Waals surface area contributed by atoms with E-state index in [4.69, 9.17) is 0 Å². The molecule has 8 nitrogen and oxygen atoms in total. The van der Waals surface area contributed by atoms with Crippen LogP contribution in [0.5, 0.6) is 0 Å². The molecule has 4 rings (SSSR count). The van der Waals surface area contributed by atoms with Gasteiger partial charge in [-0.3, -0.25) is 19.4 Å². The summed E-state index contributed by atoms with van der Waals surface area (Å²) in [7, 11) is 1.67. The van der Waals surface area contributed by atoms with Gasteiger partial charge in [0, 0.05) is 56.5 Å². The molecule has 208 valence electrons. The van der Waals surface area contributed by atoms with E-state index in [1.54, 1.807) is 23.0 Å². The Kier molecular flexibility index (Phi) is 11.5. The highest BCUT2D eigenvalue weighted by molar-refractivity contribution is 6.01. The molecular weight excluding hydrogens is 532 g/mol. The average Bonchev–Trinajstić information content (AvgIpc) is 3.45. The zero-order chi connectivity index (χ0) is 25.8. The summed E-state index contributed by atoms with van der Waals surface area (Å²) in [5.74, 6) is -0.619. The largest absolute Gasteiger partial charge is 0.353 e. The number of Topliss-reactive ketones (excluding diaryl/α,β-unsaturated/α-hetero) is 1. The Morgan fingerprint density at radius 1 is 1.05 bits per heavy atom. The quantitative estimate of drug-likeness (QED) is 0.429. The number of fused-ring (bicyclic) bond motifs is 2. The van der Waals surface area contributed by atoms with Crippen LogP contribution in [0.3, 0.4) is 0 Å². The van der Waals surface area contributed by atoms with Crippen LogP contribution in [-0.4, -0.2) is 67.4 Å². The van der Waals surface area contributed by atoms with Crippen LogP contribution in [-0.2, 0) is 29.1 Å². The second-order valence-electron chi connectivity index (χ2n) is 9.40. The lowest BCUT2D eigenvalue weighted by atomic mass is 10.0. The SMILES string of the molecule is CCNCCNC(=O)CN(CC(=O)N(C)N1Cc2cccc(F)c2C1)c1cc2c(cc1C)CCC2=O.Cl.Cl. The third-order valence-corrected chi connectivity index (χ3v) is 6.91. The van der Waals surface area contributed by atoms with Crippen molar-refractivity contribution in [2.24, 2.45) is 0 Å². The number of nitrogens with zero attached hydrogens (tertiary/aromatic N) is 3. The van der Waals surface area contributed by atoms with Crippen molar-refractivity contribution in [1.29, 1.82) is 0 Å². The fourth-order valence-electron chi connectivity index (χ4n) is 4.87. The minimum atomic E-state index is -0.273. The van der Waals surface area contributed by atoms with Crippen molar-refractivity contribution in [3.63, 3.8) is 0 Å². The van der Waals surface area contributed by atoms with E-state index in [9.17, 15) is 18.8 Å². The first-order chi connectivity index (χ1) is 17.3. The number of hydrogen-bond donors (Lipinski definition) is 2. The first-order valence-electron chi connectivity index (χ1n) is 12.4. The Morgan fingerprint density at radius 2 is 1.82 bits per heavy atom. The molecule has 2 aliphatic rings. The average molecular weight is 569 g/mol. The maximum atomic E-state index is 14.2. The summed E-state index contributed by atoms with van der Waals surface area (Å²) in [6, 6.07) is 8.78. The van der Waals surface area contributed by atoms with Crippen molar-refractivity contribution in [1.82, 2.24) is 20.7 Å². The number of rotatable bonds is 10. The number of anilines is 1. The maximum absolute atomic E-state index is 14.2. The monoisotopic (exact) mass is 567 g/mol. The van der Waals surface area contributed by atoms with Crippen molar-refractivity contribution in [3.8, 4) is 0 Å². The summed E-state index contributed by atoms with van der Waals surface area (Å²) in [4.78, 5) is 40.3. The van der Waals surface area contributed by atoms with E-state index in [-0.39, 0.29) is 61.3 Å². The lowest BCUT2D eigenvalue weighted by Crippen LogP contribution is -2.48. The van der Waals surface area contributed by atoms with Gasteiger partial charge in [0.15, 0.2) is 5.78 Å². The number of ketones is 1. The topological polar surface area (TPSA) is 85.0 Å². The van der Waals surface area contributed by atoms with Gasteiger partial charge in [-0.1, -0.05) is 25.1 Å². The van der Waals surface area contributed by atoms with Crippen molar-refractivity contribution >= 4 is 48.1 Å². The van der Waals surface area contributed by atoms with Crippen LogP contribution in [0.2, 0.25) is 0 Å². The van der Waals surface area contributed by atoms with Gasteiger partial charge in [-0.2, -0.15) is 0 Å². The van der Waals surface area contributed by atoms with E-state index in [0.29, 0.717) is 55.8 Å². The van der Waals surface area contributed by atoms with Crippen LogP contribution in [0.15, 0.2) is 30.3 Å². The van der Waals surface area contributed by atoms with Crippen LogP contribution in [0.25, 0.3) is 0 Å². The highest BCUT2D eigenvalue weighted by Gasteiger charge is 2.29. The number of hydrazine groups is 1. The van der Waals surface area contributed by atoms with E-state index in [1.807, 2.05) is 32.0 Å². The smallest absolute Gasteiger partial charge is 0.256 e. The zero-order valence-corrected chi connectivity index (χ0v) is 23.6. The van der Waals surface area contributed by atoms with Crippen LogP contribution in [0, 0.1) is 12.7 Å². The van der Waals surface area contributed by atoms with E-state index < -0.39 is 0 Å². The van der Waals surface area contributed by atoms with Gasteiger partial charge >= 0.3 is 0 Å². The summed E-state index contributed by atoms with van der Waals surface area (Å²) in [6.45, 7) is 6.55. The molecule has 0 bridgehead atoms. The van der Waals surface area contributed by atoms with Crippen LogP contribution >= 0.6 is 24.8 Å². The molecule has 1 aliphatic heterocycles. The lowest BCUT2D eigenvalue weighted by Gasteiger charge is -2.32. The van der Waals surface area contributed by atoms with E-state index in [1.165, 1.54) is 11.1 Å².